The first-order chi connectivity index (χ1) is 9.55. The van der Waals surface area contributed by atoms with Crippen LogP contribution in [0.15, 0.2) is 10.5 Å². The summed E-state index contributed by atoms with van der Waals surface area (Å²) in [5, 5.41) is 0. The zero-order valence-electron chi connectivity index (χ0n) is 11.9. The number of nitrogens with zero attached hydrogens (tertiary/aromatic N) is 1. The van der Waals surface area contributed by atoms with E-state index >= 15 is 0 Å². The molecule has 6 heteroatoms. The maximum atomic E-state index is 11.9. The second-order valence-corrected chi connectivity index (χ2v) is 5.29. The third-order valence-electron chi connectivity index (χ3n) is 3.68. The third kappa shape index (κ3) is 3.01. The lowest BCUT2D eigenvalue weighted by atomic mass is 10.0. The lowest BCUT2D eigenvalue weighted by Gasteiger charge is -2.14. The van der Waals surface area contributed by atoms with E-state index in [1.165, 1.54) is 0 Å². The van der Waals surface area contributed by atoms with Crippen molar-refractivity contribution < 1.29 is 14.0 Å². The summed E-state index contributed by atoms with van der Waals surface area (Å²) >= 11 is 0. The molecule has 2 rings (SSSR count). The number of aryl methyl sites for hydroxylation is 1. The number of amides is 2. The van der Waals surface area contributed by atoms with Crippen LogP contribution in [0.25, 0.3) is 0 Å². The molecule has 6 nitrogen and oxygen atoms in total. The highest BCUT2D eigenvalue weighted by Crippen LogP contribution is 2.25. The van der Waals surface area contributed by atoms with Gasteiger partial charge in [-0.2, -0.15) is 0 Å². The number of hydrazine groups is 1. The maximum Gasteiger partial charge on any atom is 0.268 e. The predicted molar refractivity (Wildman–Crippen MR) is 73.5 cm³/mol. The van der Waals surface area contributed by atoms with E-state index in [2.05, 4.69) is 12.3 Å². The molecule has 0 aliphatic carbocycles. The van der Waals surface area contributed by atoms with Gasteiger partial charge in [-0.25, -0.2) is 5.84 Å². The van der Waals surface area contributed by atoms with Crippen LogP contribution in [0.1, 0.15) is 48.1 Å². The van der Waals surface area contributed by atoms with Gasteiger partial charge in [0.25, 0.3) is 5.91 Å². The number of nitrogens with two attached hydrogens (primary N) is 1. The predicted octanol–water partition coefficient (Wildman–Crippen LogP) is 1.34. The van der Waals surface area contributed by atoms with Crippen molar-refractivity contribution in [1.82, 2.24) is 10.3 Å². The topological polar surface area (TPSA) is 88.6 Å². The Bertz CT molecular complexity index is 510. The molecule has 1 aromatic heterocycles. The largest absolute Gasteiger partial charge is 0.464 e. The number of carbonyl (C=O) groups is 2. The Morgan fingerprint density at radius 1 is 1.60 bits per heavy atom. The first kappa shape index (κ1) is 14.6. The average molecular weight is 279 g/mol. The minimum Gasteiger partial charge on any atom is -0.464 e. The number of nitrogens with one attached hydrogen (secondary N) is 1. The molecule has 1 atom stereocenters. The fraction of sp³-hybridized carbons (Fsp3) is 0.571. The van der Waals surface area contributed by atoms with Gasteiger partial charge in [-0.3, -0.25) is 15.0 Å². The van der Waals surface area contributed by atoms with E-state index in [4.69, 9.17) is 10.3 Å². The minimum absolute atomic E-state index is 0.155. The number of hydrogen-bond acceptors (Lipinski definition) is 4. The molecule has 0 saturated carbocycles. The molecule has 0 radical (unpaired) electrons. The van der Waals surface area contributed by atoms with E-state index in [-0.39, 0.29) is 11.8 Å². The standard InChI is InChI=1S/C14H21N3O3/c1-3-4-10-5-13(18)17(7-10)8-11-6-12(9(2)20-11)14(19)16-15/h6,10H,3-5,7-8,15H2,1-2H3,(H,16,19). The van der Waals surface area contributed by atoms with E-state index in [9.17, 15) is 9.59 Å². The summed E-state index contributed by atoms with van der Waals surface area (Å²) in [7, 11) is 0. The second kappa shape index (κ2) is 6.09. The Labute approximate surface area is 118 Å². The highest BCUT2D eigenvalue weighted by atomic mass is 16.3. The second-order valence-electron chi connectivity index (χ2n) is 5.29. The van der Waals surface area contributed by atoms with E-state index < -0.39 is 0 Å². The van der Waals surface area contributed by atoms with Gasteiger partial charge < -0.3 is 9.32 Å². The van der Waals surface area contributed by atoms with Crippen LogP contribution in [-0.2, 0) is 11.3 Å². The summed E-state index contributed by atoms with van der Waals surface area (Å²) < 4.78 is 5.53. The molecule has 1 fully saturated rings. The Morgan fingerprint density at radius 2 is 2.35 bits per heavy atom. The van der Waals surface area contributed by atoms with Gasteiger partial charge in [0.1, 0.15) is 11.5 Å². The molecule has 0 spiro atoms. The van der Waals surface area contributed by atoms with Crippen LogP contribution in [0.4, 0.5) is 0 Å². The van der Waals surface area contributed by atoms with Gasteiger partial charge in [0.15, 0.2) is 0 Å². The van der Waals surface area contributed by atoms with Crippen molar-refractivity contribution in [2.24, 2.45) is 11.8 Å². The Hall–Kier alpha value is -1.82. The Kier molecular flexibility index (Phi) is 4.44. The van der Waals surface area contributed by atoms with Crippen LogP contribution in [0.2, 0.25) is 0 Å². The van der Waals surface area contributed by atoms with E-state index in [1.807, 2.05) is 0 Å². The normalized spacial score (nSPS) is 18.6. The van der Waals surface area contributed by atoms with Gasteiger partial charge in [0, 0.05) is 13.0 Å². The van der Waals surface area contributed by atoms with Gasteiger partial charge in [-0.15, -0.1) is 0 Å². The van der Waals surface area contributed by atoms with Crippen molar-refractivity contribution >= 4 is 11.8 Å². The number of nitrogen functional groups attached to an aromatic ring is 1. The number of furan rings is 1. The van der Waals surface area contributed by atoms with E-state index in [0.29, 0.717) is 36.0 Å². The highest BCUT2D eigenvalue weighted by Gasteiger charge is 2.29. The molecule has 2 amide bonds. The SMILES string of the molecule is CCCC1CC(=O)N(Cc2cc(C(=O)NN)c(C)o2)C1. The zero-order chi connectivity index (χ0) is 14.7. The Balaban J connectivity index is 2.04. The molecule has 0 bridgehead atoms. The monoisotopic (exact) mass is 279 g/mol. The molecule has 1 unspecified atom stereocenters. The van der Waals surface area contributed by atoms with Gasteiger partial charge in [-0.1, -0.05) is 13.3 Å². The number of rotatable bonds is 5. The lowest BCUT2D eigenvalue weighted by molar-refractivity contribution is -0.128. The van der Waals surface area contributed by atoms with Crippen LogP contribution in [-0.4, -0.2) is 23.3 Å². The summed E-state index contributed by atoms with van der Waals surface area (Å²) in [6.07, 6.45) is 2.77. The van der Waals surface area contributed by atoms with Crippen molar-refractivity contribution in [2.75, 3.05) is 6.54 Å². The minimum atomic E-state index is -0.380. The van der Waals surface area contributed by atoms with Crippen molar-refractivity contribution in [3.63, 3.8) is 0 Å². The van der Waals surface area contributed by atoms with Crippen molar-refractivity contribution in [3.8, 4) is 0 Å². The van der Waals surface area contributed by atoms with Crippen molar-refractivity contribution in [1.29, 1.82) is 0 Å². The van der Waals surface area contributed by atoms with Crippen molar-refractivity contribution in [2.45, 2.75) is 39.7 Å². The molecule has 1 aromatic rings. The highest BCUT2D eigenvalue weighted by molar-refractivity contribution is 5.94. The molecule has 1 saturated heterocycles. The number of likely N-dealkylation sites (tertiary alicyclic amines) is 1. The average Bonchev–Trinajstić information content (AvgIpc) is 2.93. The first-order valence-corrected chi connectivity index (χ1v) is 6.93. The quantitative estimate of drug-likeness (QED) is 0.483. The van der Waals surface area contributed by atoms with Crippen molar-refractivity contribution in [3.05, 3.63) is 23.2 Å². The molecular formula is C14H21N3O3. The Morgan fingerprint density at radius 3 is 3.00 bits per heavy atom. The first-order valence-electron chi connectivity index (χ1n) is 6.93. The molecule has 1 aliphatic heterocycles. The van der Waals surface area contributed by atoms with Crippen LogP contribution >= 0.6 is 0 Å². The lowest BCUT2D eigenvalue weighted by Crippen LogP contribution is -2.30. The van der Waals surface area contributed by atoms with Crippen LogP contribution in [0, 0.1) is 12.8 Å². The van der Waals surface area contributed by atoms with Crippen LogP contribution in [0.3, 0.4) is 0 Å². The smallest absolute Gasteiger partial charge is 0.268 e. The summed E-state index contributed by atoms with van der Waals surface area (Å²) in [5.41, 5.74) is 2.50. The van der Waals surface area contributed by atoms with E-state index in [1.54, 1.807) is 17.9 Å². The van der Waals surface area contributed by atoms with Gasteiger partial charge in [-0.05, 0) is 25.3 Å². The third-order valence-corrected chi connectivity index (χ3v) is 3.68. The van der Waals surface area contributed by atoms with E-state index in [0.717, 1.165) is 19.4 Å². The summed E-state index contributed by atoms with van der Waals surface area (Å²) in [5.74, 6) is 6.46. The molecular weight excluding hydrogens is 258 g/mol. The maximum absolute atomic E-state index is 11.9. The fourth-order valence-electron chi connectivity index (χ4n) is 2.72. The molecule has 3 N–H and O–H groups in total. The van der Waals surface area contributed by atoms with Gasteiger partial charge in [0.05, 0.1) is 12.1 Å². The van der Waals surface area contributed by atoms with Gasteiger partial charge in [0.2, 0.25) is 5.91 Å². The molecule has 0 aromatic carbocycles. The van der Waals surface area contributed by atoms with Crippen LogP contribution < -0.4 is 11.3 Å². The summed E-state index contributed by atoms with van der Waals surface area (Å²) in [6.45, 7) is 5.02. The molecule has 1 aliphatic rings. The molecule has 110 valence electrons. The molecule has 2 heterocycles. The zero-order valence-corrected chi connectivity index (χ0v) is 11.9. The summed E-state index contributed by atoms with van der Waals surface area (Å²) in [4.78, 5) is 25.2. The van der Waals surface area contributed by atoms with Crippen LogP contribution in [0.5, 0.6) is 0 Å². The number of carbonyl (C=O) groups excluding carboxylic acids is 2. The molecule has 20 heavy (non-hydrogen) atoms. The number of hydrogen-bond donors (Lipinski definition) is 2. The fourth-order valence-corrected chi connectivity index (χ4v) is 2.72. The van der Waals surface area contributed by atoms with Gasteiger partial charge >= 0.3 is 0 Å². The summed E-state index contributed by atoms with van der Waals surface area (Å²) in [6, 6.07) is 1.65.